The highest BCUT2D eigenvalue weighted by atomic mass is 16.5. The lowest BCUT2D eigenvalue weighted by molar-refractivity contribution is 0.369. The molecule has 0 atom stereocenters. The molecule has 21 heavy (non-hydrogen) atoms. The van der Waals surface area contributed by atoms with Crippen LogP contribution in [0.5, 0.6) is 0 Å². The number of nitrogens with two attached hydrogens (primary N) is 1. The van der Waals surface area contributed by atoms with Gasteiger partial charge in [0, 0.05) is 5.39 Å². The molecule has 0 bridgehead atoms. The first-order chi connectivity index (χ1) is 10.2. The molecule has 108 valence electrons. The maximum atomic E-state index is 6.36. The molecule has 1 aliphatic rings. The largest absolute Gasteiger partial charge is 0.451 e. The van der Waals surface area contributed by atoms with Crippen molar-refractivity contribution >= 4 is 11.0 Å². The van der Waals surface area contributed by atoms with E-state index < -0.39 is 5.54 Å². The lowest BCUT2D eigenvalue weighted by atomic mass is 9.99. The Hall–Kier alpha value is -2.14. The average Bonchev–Trinajstić information content (AvgIpc) is 3.17. The Morgan fingerprint density at radius 1 is 1.24 bits per heavy atom. The third kappa shape index (κ3) is 1.96. The fourth-order valence-electron chi connectivity index (χ4n) is 3.07. The van der Waals surface area contributed by atoms with Crippen LogP contribution < -0.4 is 5.73 Å². The third-order valence-electron chi connectivity index (χ3n) is 4.32. The van der Waals surface area contributed by atoms with Crippen molar-refractivity contribution in [2.75, 3.05) is 0 Å². The van der Waals surface area contributed by atoms with Crippen LogP contribution in [-0.2, 0) is 5.54 Å². The van der Waals surface area contributed by atoms with Crippen molar-refractivity contribution < 1.29 is 8.94 Å². The van der Waals surface area contributed by atoms with Gasteiger partial charge in [0.05, 0.1) is 5.54 Å². The summed E-state index contributed by atoms with van der Waals surface area (Å²) in [6.45, 7) is 2.02. The number of fused-ring (bicyclic) bond motifs is 1. The number of aromatic nitrogens is 2. The van der Waals surface area contributed by atoms with Crippen LogP contribution in [0, 0.1) is 6.92 Å². The highest BCUT2D eigenvalue weighted by Crippen LogP contribution is 2.36. The van der Waals surface area contributed by atoms with Gasteiger partial charge in [-0.2, -0.15) is 4.98 Å². The number of aryl methyl sites for hydroxylation is 1. The van der Waals surface area contributed by atoms with Crippen LogP contribution in [0.15, 0.2) is 33.2 Å². The summed E-state index contributed by atoms with van der Waals surface area (Å²) in [5.74, 6) is 1.59. The van der Waals surface area contributed by atoms with Gasteiger partial charge in [0.2, 0.25) is 0 Å². The summed E-state index contributed by atoms with van der Waals surface area (Å²) in [5, 5.41) is 5.10. The molecular formula is C16H17N3O2. The quantitative estimate of drug-likeness (QED) is 0.778. The summed E-state index contributed by atoms with van der Waals surface area (Å²) >= 11 is 0. The molecule has 0 saturated heterocycles. The molecule has 1 saturated carbocycles. The maximum absolute atomic E-state index is 6.36. The number of rotatable bonds is 2. The number of benzene rings is 1. The van der Waals surface area contributed by atoms with Crippen molar-refractivity contribution in [2.45, 2.75) is 38.1 Å². The van der Waals surface area contributed by atoms with Crippen molar-refractivity contribution in [1.82, 2.24) is 10.1 Å². The van der Waals surface area contributed by atoms with Gasteiger partial charge in [0.1, 0.15) is 5.58 Å². The molecule has 5 heteroatoms. The van der Waals surface area contributed by atoms with Crippen LogP contribution in [0.2, 0.25) is 0 Å². The number of nitrogens with zero attached hydrogens (tertiary/aromatic N) is 2. The molecule has 0 spiro atoms. The summed E-state index contributed by atoms with van der Waals surface area (Å²) in [6.07, 6.45) is 4.05. The molecule has 0 amide bonds. The predicted molar refractivity (Wildman–Crippen MR) is 78.6 cm³/mol. The van der Waals surface area contributed by atoms with Crippen LogP contribution in [0.4, 0.5) is 0 Å². The summed E-state index contributed by atoms with van der Waals surface area (Å²) in [4.78, 5) is 4.46. The summed E-state index contributed by atoms with van der Waals surface area (Å²) in [7, 11) is 0. The first-order valence-electron chi connectivity index (χ1n) is 7.28. The minimum atomic E-state index is -0.441. The van der Waals surface area contributed by atoms with Crippen LogP contribution in [0.3, 0.4) is 0 Å². The topological polar surface area (TPSA) is 78.1 Å². The molecule has 0 radical (unpaired) electrons. The lowest BCUT2D eigenvalue weighted by Gasteiger charge is -2.17. The second-order valence-corrected chi connectivity index (χ2v) is 5.89. The van der Waals surface area contributed by atoms with Gasteiger partial charge in [-0.1, -0.05) is 36.2 Å². The normalized spacial score (nSPS) is 17.6. The Labute approximate surface area is 122 Å². The van der Waals surface area contributed by atoms with E-state index in [4.69, 9.17) is 14.7 Å². The smallest absolute Gasteiger partial charge is 0.293 e. The Morgan fingerprint density at radius 3 is 2.81 bits per heavy atom. The standard InChI is InChI=1S/C16H17N3O2/c1-10-5-4-6-11-9-12(20-13(10)11)14-18-15(19-21-14)16(17)7-2-3-8-16/h4-6,9H,2-3,7-8,17H2,1H3. The summed E-state index contributed by atoms with van der Waals surface area (Å²) < 4.78 is 11.2. The number of hydrogen-bond donors (Lipinski definition) is 1. The third-order valence-corrected chi connectivity index (χ3v) is 4.32. The molecule has 4 rings (SSSR count). The average molecular weight is 283 g/mol. The first kappa shape index (κ1) is 12.6. The van der Waals surface area contributed by atoms with E-state index in [0.717, 1.165) is 42.2 Å². The summed E-state index contributed by atoms with van der Waals surface area (Å²) in [5.41, 5.74) is 7.86. The van der Waals surface area contributed by atoms with E-state index in [1.807, 2.05) is 31.2 Å². The van der Waals surface area contributed by atoms with E-state index in [-0.39, 0.29) is 0 Å². The van der Waals surface area contributed by atoms with E-state index in [9.17, 15) is 0 Å². The number of furan rings is 1. The van der Waals surface area contributed by atoms with Gasteiger partial charge < -0.3 is 14.7 Å². The van der Waals surface area contributed by atoms with Gasteiger partial charge in [-0.15, -0.1) is 0 Å². The Bertz CT molecular complexity index is 797. The first-order valence-corrected chi connectivity index (χ1v) is 7.28. The van der Waals surface area contributed by atoms with Crippen molar-refractivity contribution in [2.24, 2.45) is 5.73 Å². The van der Waals surface area contributed by atoms with Crippen LogP contribution in [-0.4, -0.2) is 10.1 Å². The van der Waals surface area contributed by atoms with Crippen molar-refractivity contribution in [3.05, 3.63) is 35.7 Å². The summed E-state index contributed by atoms with van der Waals surface area (Å²) in [6, 6.07) is 7.96. The molecule has 2 heterocycles. The molecule has 1 fully saturated rings. The number of para-hydroxylation sites is 1. The zero-order valence-electron chi connectivity index (χ0n) is 11.9. The minimum absolute atomic E-state index is 0.400. The monoisotopic (exact) mass is 283 g/mol. The highest BCUT2D eigenvalue weighted by Gasteiger charge is 2.36. The second-order valence-electron chi connectivity index (χ2n) is 5.89. The van der Waals surface area contributed by atoms with Gasteiger partial charge in [0.15, 0.2) is 11.6 Å². The molecule has 2 N–H and O–H groups in total. The maximum Gasteiger partial charge on any atom is 0.293 e. The highest BCUT2D eigenvalue weighted by molar-refractivity contribution is 5.84. The van der Waals surface area contributed by atoms with Gasteiger partial charge in [-0.05, 0) is 31.4 Å². The SMILES string of the molecule is Cc1cccc2cc(-c3nc(C4(N)CCCC4)no3)oc12. The zero-order valence-corrected chi connectivity index (χ0v) is 11.9. The van der Waals surface area contributed by atoms with E-state index in [2.05, 4.69) is 10.1 Å². The minimum Gasteiger partial charge on any atom is -0.451 e. The van der Waals surface area contributed by atoms with Gasteiger partial charge >= 0.3 is 0 Å². The van der Waals surface area contributed by atoms with Gasteiger partial charge in [-0.25, -0.2) is 0 Å². The molecule has 3 aromatic rings. The van der Waals surface area contributed by atoms with E-state index in [0.29, 0.717) is 17.5 Å². The van der Waals surface area contributed by atoms with Gasteiger partial charge in [0.25, 0.3) is 5.89 Å². The molecule has 2 aromatic heterocycles. The van der Waals surface area contributed by atoms with Crippen molar-refractivity contribution in [3.8, 4) is 11.7 Å². The molecule has 0 aliphatic heterocycles. The molecule has 5 nitrogen and oxygen atoms in total. The molecular weight excluding hydrogens is 266 g/mol. The zero-order chi connectivity index (χ0) is 14.4. The molecule has 0 unspecified atom stereocenters. The van der Waals surface area contributed by atoms with Crippen molar-refractivity contribution in [3.63, 3.8) is 0 Å². The van der Waals surface area contributed by atoms with E-state index >= 15 is 0 Å². The molecule has 1 aromatic carbocycles. The van der Waals surface area contributed by atoms with Crippen LogP contribution in [0.1, 0.15) is 37.1 Å². The van der Waals surface area contributed by atoms with E-state index in [1.165, 1.54) is 0 Å². The van der Waals surface area contributed by atoms with E-state index in [1.54, 1.807) is 0 Å². The molecule has 1 aliphatic carbocycles. The van der Waals surface area contributed by atoms with Gasteiger partial charge in [-0.3, -0.25) is 0 Å². The lowest BCUT2D eigenvalue weighted by Crippen LogP contribution is -2.34. The van der Waals surface area contributed by atoms with Crippen molar-refractivity contribution in [1.29, 1.82) is 0 Å². The Kier molecular flexibility index (Phi) is 2.65. The predicted octanol–water partition coefficient (Wildman–Crippen LogP) is 3.52. The number of hydrogen-bond acceptors (Lipinski definition) is 5. The Balaban J connectivity index is 1.75. The second kappa shape index (κ2) is 4.43. The Morgan fingerprint density at radius 2 is 2.05 bits per heavy atom. The van der Waals surface area contributed by atoms with Crippen LogP contribution in [0.25, 0.3) is 22.6 Å². The van der Waals surface area contributed by atoms with Crippen LogP contribution >= 0.6 is 0 Å². The fourth-order valence-corrected chi connectivity index (χ4v) is 3.07. The fraction of sp³-hybridized carbons (Fsp3) is 0.375.